The molecule has 0 aliphatic carbocycles. The Morgan fingerprint density at radius 3 is 2.35 bits per heavy atom. The molecule has 3 fully saturated rings. The summed E-state index contributed by atoms with van der Waals surface area (Å²) in [6.45, 7) is 2.81. The smallest absolute Gasteiger partial charge is 0.310 e. The number of fused-ring (bicyclic) bond motifs is 2. The molecule has 3 saturated heterocycles. The second-order valence-electron chi connectivity index (χ2n) is 7.72. The highest BCUT2D eigenvalue weighted by Gasteiger charge is 2.55. The maximum absolute atomic E-state index is 12.7. The number of piperidine rings is 1. The van der Waals surface area contributed by atoms with Gasteiger partial charge in [-0.1, -0.05) is 30.3 Å². The fourth-order valence-corrected chi connectivity index (χ4v) is 4.70. The Bertz CT molecular complexity index is 657. The molecule has 3 aliphatic rings. The van der Waals surface area contributed by atoms with E-state index < -0.39 is 17.8 Å². The van der Waals surface area contributed by atoms with E-state index in [0.29, 0.717) is 0 Å². The molecule has 3 heterocycles. The van der Waals surface area contributed by atoms with Crippen molar-refractivity contribution in [2.45, 2.75) is 50.5 Å². The fraction of sp³-hybridized carbons (Fsp3) is 0.600. The highest BCUT2D eigenvalue weighted by atomic mass is 16.5. The van der Waals surface area contributed by atoms with Crippen LogP contribution in [0.3, 0.4) is 0 Å². The number of likely N-dealkylation sites (tertiary alicyclic amines) is 1. The van der Waals surface area contributed by atoms with Gasteiger partial charge >= 0.3 is 5.97 Å². The molecule has 6 nitrogen and oxygen atoms in total. The Balaban J connectivity index is 1.29. The van der Waals surface area contributed by atoms with Crippen LogP contribution in [0.25, 0.3) is 0 Å². The van der Waals surface area contributed by atoms with E-state index >= 15 is 0 Å². The molecule has 4 rings (SSSR count). The van der Waals surface area contributed by atoms with Crippen LogP contribution in [0.4, 0.5) is 0 Å². The average molecular weight is 358 g/mol. The molecule has 4 atom stereocenters. The third kappa shape index (κ3) is 3.48. The number of carboxylic acid groups (broad SMARTS) is 1. The van der Waals surface area contributed by atoms with E-state index in [4.69, 9.17) is 4.74 Å². The highest BCUT2D eigenvalue weighted by Crippen LogP contribution is 2.43. The Morgan fingerprint density at radius 1 is 1.04 bits per heavy atom. The lowest BCUT2D eigenvalue weighted by molar-refractivity contribution is -0.148. The Hall–Kier alpha value is -1.92. The second-order valence-corrected chi connectivity index (χ2v) is 7.72. The van der Waals surface area contributed by atoms with E-state index in [9.17, 15) is 14.7 Å². The molecule has 6 heteroatoms. The van der Waals surface area contributed by atoms with Crippen LogP contribution in [0.1, 0.15) is 31.2 Å². The maximum Gasteiger partial charge on any atom is 0.310 e. The summed E-state index contributed by atoms with van der Waals surface area (Å²) in [5, 5.41) is 12.6. The average Bonchev–Trinajstić information content (AvgIpc) is 3.25. The van der Waals surface area contributed by atoms with Crippen molar-refractivity contribution in [3.63, 3.8) is 0 Å². The molecular weight excluding hydrogens is 332 g/mol. The number of benzene rings is 1. The summed E-state index contributed by atoms with van der Waals surface area (Å²) in [5.74, 6) is -2.26. The summed E-state index contributed by atoms with van der Waals surface area (Å²) in [4.78, 5) is 26.7. The number of nitrogens with one attached hydrogen (secondary N) is 1. The van der Waals surface area contributed by atoms with Crippen LogP contribution < -0.4 is 5.32 Å². The van der Waals surface area contributed by atoms with Gasteiger partial charge in [0, 0.05) is 25.7 Å². The zero-order valence-corrected chi connectivity index (χ0v) is 14.8. The van der Waals surface area contributed by atoms with Crippen molar-refractivity contribution >= 4 is 11.9 Å². The Kier molecular flexibility index (Phi) is 4.96. The molecule has 0 radical (unpaired) electrons. The summed E-state index contributed by atoms with van der Waals surface area (Å²) in [7, 11) is 0. The van der Waals surface area contributed by atoms with E-state index in [0.717, 1.165) is 45.3 Å². The van der Waals surface area contributed by atoms with Gasteiger partial charge in [-0.25, -0.2) is 0 Å². The molecule has 4 unspecified atom stereocenters. The normalized spacial score (nSPS) is 31.8. The molecule has 1 aromatic carbocycles. The van der Waals surface area contributed by atoms with Crippen LogP contribution in [0.2, 0.25) is 0 Å². The summed E-state index contributed by atoms with van der Waals surface area (Å²) in [6.07, 6.45) is 2.83. The van der Waals surface area contributed by atoms with Crippen LogP contribution in [-0.4, -0.2) is 53.2 Å². The minimum atomic E-state index is -0.907. The maximum atomic E-state index is 12.7. The number of carboxylic acids is 1. The molecule has 0 saturated carbocycles. The van der Waals surface area contributed by atoms with E-state index in [1.165, 1.54) is 5.56 Å². The lowest BCUT2D eigenvalue weighted by Crippen LogP contribution is -2.50. The monoisotopic (exact) mass is 358 g/mol. The Morgan fingerprint density at radius 2 is 1.69 bits per heavy atom. The predicted molar refractivity (Wildman–Crippen MR) is 95.4 cm³/mol. The van der Waals surface area contributed by atoms with Crippen molar-refractivity contribution in [2.75, 3.05) is 13.1 Å². The topological polar surface area (TPSA) is 78.9 Å². The van der Waals surface area contributed by atoms with Gasteiger partial charge in [-0.2, -0.15) is 0 Å². The molecule has 3 aliphatic heterocycles. The van der Waals surface area contributed by atoms with Crippen molar-refractivity contribution in [1.29, 1.82) is 0 Å². The first-order valence-corrected chi connectivity index (χ1v) is 9.57. The van der Waals surface area contributed by atoms with Crippen LogP contribution in [0, 0.1) is 11.8 Å². The summed E-state index contributed by atoms with van der Waals surface area (Å²) in [6, 6.07) is 10.5. The highest BCUT2D eigenvalue weighted by molar-refractivity contribution is 5.86. The first-order chi connectivity index (χ1) is 12.6. The number of carbonyl (C=O) groups excluding carboxylic acids is 1. The van der Waals surface area contributed by atoms with Crippen molar-refractivity contribution in [1.82, 2.24) is 10.2 Å². The summed E-state index contributed by atoms with van der Waals surface area (Å²) < 4.78 is 5.70. The predicted octanol–water partition coefficient (Wildman–Crippen LogP) is 1.65. The Labute approximate surface area is 153 Å². The van der Waals surface area contributed by atoms with Gasteiger partial charge in [-0.05, 0) is 31.2 Å². The van der Waals surface area contributed by atoms with Gasteiger partial charge < -0.3 is 15.2 Å². The number of ether oxygens (including phenoxy) is 1. The lowest BCUT2D eigenvalue weighted by atomic mass is 9.78. The van der Waals surface area contributed by atoms with Gasteiger partial charge in [0.25, 0.3) is 0 Å². The molecule has 140 valence electrons. The minimum Gasteiger partial charge on any atom is -0.481 e. The standard InChI is InChI=1S/C20H26N2O4/c23-19(17-15-6-7-16(26-15)18(17)20(24)25)21-14-8-10-22(11-9-14)12-13-4-2-1-3-5-13/h1-5,14-18H,6-12H2,(H,21,23)(H,24,25). The van der Waals surface area contributed by atoms with Gasteiger partial charge in [0.05, 0.1) is 24.0 Å². The molecule has 2 bridgehead atoms. The third-order valence-electron chi connectivity index (χ3n) is 6.04. The van der Waals surface area contributed by atoms with Gasteiger partial charge in [0.1, 0.15) is 0 Å². The van der Waals surface area contributed by atoms with Crippen molar-refractivity contribution in [2.24, 2.45) is 11.8 Å². The first-order valence-electron chi connectivity index (χ1n) is 9.57. The number of rotatable bonds is 5. The number of carbonyl (C=O) groups is 2. The van der Waals surface area contributed by atoms with Gasteiger partial charge in [-0.15, -0.1) is 0 Å². The van der Waals surface area contributed by atoms with E-state index in [1.54, 1.807) is 0 Å². The number of hydrogen-bond acceptors (Lipinski definition) is 4. The van der Waals surface area contributed by atoms with Crippen molar-refractivity contribution < 1.29 is 19.4 Å². The third-order valence-corrected chi connectivity index (χ3v) is 6.04. The largest absolute Gasteiger partial charge is 0.481 e. The zero-order chi connectivity index (χ0) is 18.1. The van der Waals surface area contributed by atoms with Gasteiger partial charge in [-0.3, -0.25) is 14.5 Å². The zero-order valence-electron chi connectivity index (χ0n) is 14.8. The minimum absolute atomic E-state index is 0.128. The molecular formula is C20H26N2O4. The molecule has 0 aromatic heterocycles. The number of amides is 1. The molecule has 2 N–H and O–H groups in total. The van der Waals surface area contributed by atoms with Crippen LogP contribution in [0.5, 0.6) is 0 Å². The van der Waals surface area contributed by atoms with Gasteiger partial charge in [0.15, 0.2) is 0 Å². The second kappa shape index (κ2) is 7.37. The quantitative estimate of drug-likeness (QED) is 0.837. The van der Waals surface area contributed by atoms with Gasteiger partial charge in [0.2, 0.25) is 5.91 Å². The number of hydrogen-bond donors (Lipinski definition) is 2. The van der Waals surface area contributed by atoms with E-state index in [1.807, 2.05) is 6.07 Å². The van der Waals surface area contributed by atoms with Crippen LogP contribution in [-0.2, 0) is 20.9 Å². The first kappa shape index (κ1) is 17.5. The van der Waals surface area contributed by atoms with Crippen LogP contribution in [0.15, 0.2) is 30.3 Å². The van der Waals surface area contributed by atoms with E-state index in [-0.39, 0.29) is 24.2 Å². The molecule has 26 heavy (non-hydrogen) atoms. The van der Waals surface area contributed by atoms with Crippen molar-refractivity contribution in [3.05, 3.63) is 35.9 Å². The molecule has 1 aromatic rings. The SMILES string of the molecule is O=C(O)C1C2CCC(O2)C1C(=O)NC1CCN(Cc2ccccc2)CC1. The fourth-order valence-electron chi connectivity index (χ4n) is 4.70. The van der Waals surface area contributed by atoms with Crippen LogP contribution >= 0.6 is 0 Å². The number of aliphatic carboxylic acids is 1. The summed E-state index contributed by atoms with van der Waals surface area (Å²) in [5.41, 5.74) is 1.30. The molecule has 1 amide bonds. The van der Waals surface area contributed by atoms with Crippen molar-refractivity contribution in [3.8, 4) is 0 Å². The number of nitrogens with zero attached hydrogens (tertiary/aromatic N) is 1. The van der Waals surface area contributed by atoms with E-state index in [2.05, 4.69) is 34.5 Å². The summed E-state index contributed by atoms with van der Waals surface area (Å²) >= 11 is 0. The lowest BCUT2D eigenvalue weighted by Gasteiger charge is -2.33. The molecule has 0 spiro atoms.